The Morgan fingerprint density at radius 3 is 2.13 bits per heavy atom. The molecule has 0 unspecified atom stereocenters. The van der Waals surface area contributed by atoms with Gasteiger partial charge >= 0.3 is 17.8 Å². The quantitative estimate of drug-likeness (QED) is 0.671. The fourth-order valence-corrected chi connectivity index (χ4v) is 1.75. The number of carbonyl (C=O) groups excluding carboxylic acids is 3. The third-order valence-corrected chi connectivity index (χ3v) is 2.85. The van der Waals surface area contributed by atoms with Gasteiger partial charge in [0.2, 0.25) is 0 Å². The molecule has 23 heavy (non-hydrogen) atoms. The summed E-state index contributed by atoms with van der Waals surface area (Å²) in [6, 6.07) is 10.9. The average molecular weight is 316 g/mol. The fourth-order valence-electron chi connectivity index (χ4n) is 1.75. The molecule has 2 aromatic rings. The van der Waals surface area contributed by atoms with Crippen LogP contribution in [0.4, 0.5) is 15.8 Å². The predicted octanol–water partition coefficient (Wildman–Crippen LogP) is 2.19. The summed E-state index contributed by atoms with van der Waals surface area (Å²) < 4.78 is 17.3. The van der Waals surface area contributed by atoms with E-state index in [1.807, 2.05) is 0 Å². The van der Waals surface area contributed by atoms with Crippen LogP contribution in [-0.2, 0) is 14.3 Å². The van der Waals surface area contributed by atoms with Gasteiger partial charge in [-0.05, 0) is 42.5 Å². The topological polar surface area (TPSA) is 84.5 Å². The van der Waals surface area contributed by atoms with Gasteiger partial charge in [0.05, 0.1) is 12.7 Å². The first kappa shape index (κ1) is 16.2. The van der Waals surface area contributed by atoms with Crippen LogP contribution in [0.1, 0.15) is 10.4 Å². The van der Waals surface area contributed by atoms with Crippen molar-refractivity contribution in [2.24, 2.45) is 0 Å². The number of carbonyl (C=O) groups is 3. The van der Waals surface area contributed by atoms with E-state index in [-0.39, 0.29) is 16.9 Å². The molecule has 6 nitrogen and oxygen atoms in total. The number of hydrogen-bond acceptors (Lipinski definition) is 4. The van der Waals surface area contributed by atoms with Crippen LogP contribution >= 0.6 is 0 Å². The third-order valence-electron chi connectivity index (χ3n) is 2.85. The van der Waals surface area contributed by atoms with E-state index in [0.717, 1.165) is 12.1 Å². The van der Waals surface area contributed by atoms with E-state index in [1.165, 1.54) is 37.4 Å². The van der Waals surface area contributed by atoms with Crippen LogP contribution < -0.4 is 10.6 Å². The van der Waals surface area contributed by atoms with Crippen LogP contribution in [0, 0.1) is 5.82 Å². The molecule has 2 amide bonds. The van der Waals surface area contributed by atoms with Crippen molar-refractivity contribution >= 4 is 29.2 Å². The van der Waals surface area contributed by atoms with Crippen molar-refractivity contribution in [1.82, 2.24) is 0 Å². The molecule has 0 saturated carbocycles. The first-order valence-corrected chi connectivity index (χ1v) is 6.56. The number of rotatable bonds is 3. The Balaban J connectivity index is 2.02. The Morgan fingerprint density at radius 2 is 1.52 bits per heavy atom. The number of esters is 1. The molecule has 2 rings (SSSR count). The van der Waals surface area contributed by atoms with Crippen molar-refractivity contribution in [2.75, 3.05) is 17.7 Å². The van der Waals surface area contributed by atoms with Gasteiger partial charge in [-0.15, -0.1) is 0 Å². The summed E-state index contributed by atoms with van der Waals surface area (Å²) in [6.45, 7) is 0. The van der Waals surface area contributed by atoms with E-state index in [4.69, 9.17) is 0 Å². The largest absolute Gasteiger partial charge is 0.465 e. The summed E-state index contributed by atoms with van der Waals surface area (Å²) in [4.78, 5) is 35.0. The highest BCUT2D eigenvalue weighted by Crippen LogP contribution is 2.12. The lowest BCUT2D eigenvalue weighted by Gasteiger charge is -2.07. The van der Waals surface area contributed by atoms with Gasteiger partial charge in [0.1, 0.15) is 5.82 Å². The minimum absolute atomic E-state index is 0.240. The van der Waals surface area contributed by atoms with Gasteiger partial charge in [-0.3, -0.25) is 9.59 Å². The molecule has 0 aromatic heterocycles. The average Bonchev–Trinajstić information content (AvgIpc) is 2.56. The highest BCUT2D eigenvalue weighted by Gasteiger charge is 2.15. The number of hydrogen-bond donors (Lipinski definition) is 2. The molecular weight excluding hydrogens is 303 g/mol. The van der Waals surface area contributed by atoms with Gasteiger partial charge in [-0.1, -0.05) is 6.07 Å². The zero-order valence-corrected chi connectivity index (χ0v) is 12.1. The van der Waals surface area contributed by atoms with E-state index in [0.29, 0.717) is 0 Å². The predicted molar refractivity (Wildman–Crippen MR) is 81.4 cm³/mol. The molecule has 0 aliphatic heterocycles. The van der Waals surface area contributed by atoms with Gasteiger partial charge in [-0.25, -0.2) is 9.18 Å². The number of halogens is 1. The highest BCUT2D eigenvalue weighted by atomic mass is 19.1. The molecule has 0 radical (unpaired) electrons. The Bertz CT molecular complexity index is 744. The number of nitrogens with one attached hydrogen (secondary N) is 2. The number of ether oxygens (including phenoxy) is 1. The summed E-state index contributed by atoms with van der Waals surface area (Å²) in [5, 5.41) is 4.69. The molecule has 118 valence electrons. The van der Waals surface area contributed by atoms with Gasteiger partial charge in [-0.2, -0.15) is 0 Å². The Hall–Kier alpha value is -3.22. The van der Waals surface area contributed by atoms with E-state index in [1.54, 1.807) is 6.07 Å². The normalized spacial score (nSPS) is 9.83. The monoisotopic (exact) mass is 316 g/mol. The fraction of sp³-hybridized carbons (Fsp3) is 0.0625. The van der Waals surface area contributed by atoms with Gasteiger partial charge in [0.25, 0.3) is 0 Å². The Kier molecular flexibility index (Phi) is 5.03. The van der Waals surface area contributed by atoms with Crippen molar-refractivity contribution in [3.8, 4) is 0 Å². The molecule has 0 saturated heterocycles. The number of benzene rings is 2. The lowest BCUT2D eigenvalue weighted by atomic mass is 10.2. The molecule has 2 aromatic carbocycles. The molecule has 0 atom stereocenters. The van der Waals surface area contributed by atoms with E-state index < -0.39 is 23.6 Å². The number of methoxy groups -OCH3 is 1. The van der Waals surface area contributed by atoms with Crippen LogP contribution in [-0.4, -0.2) is 24.9 Å². The number of amides is 2. The summed E-state index contributed by atoms with van der Waals surface area (Å²) in [5.41, 5.74) is 0.797. The second-order valence-electron chi connectivity index (χ2n) is 4.49. The zero-order valence-electron chi connectivity index (χ0n) is 12.1. The molecule has 2 N–H and O–H groups in total. The van der Waals surface area contributed by atoms with E-state index >= 15 is 0 Å². The van der Waals surface area contributed by atoms with Crippen LogP contribution in [0.5, 0.6) is 0 Å². The Morgan fingerprint density at radius 1 is 0.913 bits per heavy atom. The highest BCUT2D eigenvalue weighted by molar-refractivity contribution is 6.43. The first-order chi connectivity index (χ1) is 11.0. The smallest absolute Gasteiger partial charge is 0.337 e. The minimum atomic E-state index is -0.920. The minimum Gasteiger partial charge on any atom is -0.465 e. The van der Waals surface area contributed by atoms with Crippen LogP contribution in [0.2, 0.25) is 0 Å². The molecular formula is C16H13FN2O4. The van der Waals surface area contributed by atoms with Crippen molar-refractivity contribution in [3.63, 3.8) is 0 Å². The molecule has 0 aliphatic carbocycles. The molecule has 0 bridgehead atoms. The van der Waals surface area contributed by atoms with Crippen LogP contribution in [0.15, 0.2) is 48.5 Å². The van der Waals surface area contributed by atoms with Crippen molar-refractivity contribution < 1.29 is 23.5 Å². The third kappa shape index (κ3) is 4.37. The maximum atomic E-state index is 12.8. The van der Waals surface area contributed by atoms with Crippen LogP contribution in [0.25, 0.3) is 0 Å². The van der Waals surface area contributed by atoms with E-state index in [9.17, 15) is 18.8 Å². The molecule has 7 heteroatoms. The van der Waals surface area contributed by atoms with Crippen molar-refractivity contribution in [1.29, 1.82) is 0 Å². The Labute approximate surface area is 131 Å². The SMILES string of the molecule is COC(=O)c1cccc(NC(=O)C(=O)Nc2ccc(F)cc2)c1. The second kappa shape index (κ2) is 7.17. The van der Waals surface area contributed by atoms with Gasteiger partial charge < -0.3 is 15.4 Å². The lowest BCUT2D eigenvalue weighted by molar-refractivity contribution is -0.132. The second-order valence-corrected chi connectivity index (χ2v) is 4.49. The van der Waals surface area contributed by atoms with E-state index in [2.05, 4.69) is 15.4 Å². The van der Waals surface area contributed by atoms with Gasteiger partial charge in [0.15, 0.2) is 0 Å². The maximum Gasteiger partial charge on any atom is 0.337 e. The lowest BCUT2D eigenvalue weighted by Crippen LogP contribution is -2.29. The summed E-state index contributed by atoms with van der Waals surface area (Å²) in [7, 11) is 1.24. The van der Waals surface area contributed by atoms with Crippen LogP contribution in [0.3, 0.4) is 0 Å². The summed E-state index contributed by atoms with van der Waals surface area (Å²) in [6.07, 6.45) is 0. The molecule has 0 spiro atoms. The first-order valence-electron chi connectivity index (χ1n) is 6.56. The molecule has 0 aliphatic rings. The van der Waals surface area contributed by atoms with Crippen molar-refractivity contribution in [3.05, 3.63) is 59.9 Å². The summed E-state index contributed by atoms with van der Waals surface area (Å²) in [5.74, 6) is -2.85. The van der Waals surface area contributed by atoms with Crippen molar-refractivity contribution in [2.45, 2.75) is 0 Å². The summed E-state index contributed by atoms with van der Waals surface area (Å²) >= 11 is 0. The van der Waals surface area contributed by atoms with Gasteiger partial charge in [0, 0.05) is 11.4 Å². The number of anilines is 2. The molecule has 0 fully saturated rings. The molecule has 0 heterocycles. The zero-order chi connectivity index (χ0) is 16.8. The standard InChI is InChI=1S/C16H13FN2O4/c1-23-16(22)10-3-2-4-13(9-10)19-15(21)14(20)18-12-7-5-11(17)6-8-12/h2-9H,1H3,(H,18,20)(H,19,21). The maximum absolute atomic E-state index is 12.8.